The molecule has 2 rings (SSSR count). The van der Waals surface area contributed by atoms with E-state index in [1.54, 1.807) is 31.4 Å². The van der Waals surface area contributed by atoms with Gasteiger partial charge in [0, 0.05) is 14.2 Å². The van der Waals surface area contributed by atoms with Gasteiger partial charge in [-0.1, -0.05) is 48.6 Å². The molecule has 1 atom stereocenters. The molecule has 0 saturated heterocycles. The first-order chi connectivity index (χ1) is 11.7. The molecule has 2 aromatic carbocycles. The van der Waals surface area contributed by atoms with E-state index >= 15 is 0 Å². The molecular weight excluding hydrogens is 308 g/mol. The molecule has 0 amide bonds. The summed E-state index contributed by atoms with van der Waals surface area (Å²) in [5, 5.41) is 10.4. The lowest BCUT2D eigenvalue weighted by Crippen LogP contribution is -2.05. The fraction of sp³-hybridized carbons (Fsp3) is 0.263. The highest BCUT2D eigenvalue weighted by atomic mass is 16.7. The standard InChI is InChI=1S/C19H22O5/c1-21-13-23-18-11-9-16(12-19(18)24-14-22-2)17(20)10-8-15-6-4-3-5-7-15/h3-12,17,20H,13-14H2,1-2H3. The summed E-state index contributed by atoms with van der Waals surface area (Å²) in [6.45, 7) is 0.196. The van der Waals surface area contributed by atoms with E-state index in [0.717, 1.165) is 5.56 Å². The lowest BCUT2D eigenvalue weighted by Gasteiger charge is -2.14. The van der Waals surface area contributed by atoms with E-state index in [1.165, 1.54) is 7.11 Å². The first-order valence-corrected chi connectivity index (χ1v) is 7.53. The molecule has 1 N–H and O–H groups in total. The van der Waals surface area contributed by atoms with E-state index in [-0.39, 0.29) is 13.6 Å². The predicted molar refractivity (Wildman–Crippen MR) is 91.9 cm³/mol. The molecule has 0 aliphatic carbocycles. The van der Waals surface area contributed by atoms with Gasteiger partial charge in [-0.2, -0.15) is 0 Å². The van der Waals surface area contributed by atoms with Gasteiger partial charge < -0.3 is 24.1 Å². The van der Waals surface area contributed by atoms with Crippen LogP contribution in [-0.2, 0) is 9.47 Å². The fourth-order valence-electron chi connectivity index (χ4n) is 2.06. The molecule has 0 bridgehead atoms. The molecular formula is C19H22O5. The number of benzene rings is 2. The highest BCUT2D eigenvalue weighted by Crippen LogP contribution is 2.31. The van der Waals surface area contributed by atoms with Crippen molar-refractivity contribution in [3.63, 3.8) is 0 Å². The summed E-state index contributed by atoms with van der Waals surface area (Å²) in [5.41, 5.74) is 1.71. The maximum absolute atomic E-state index is 10.4. The highest BCUT2D eigenvalue weighted by Gasteiger charge is 2.11. The Morgan fingerprint density at radius 1 is 0.917 bits per heavy atom. The summed E-state index contributed by atoms with van der Waals surface area (Å²) in [5.74, 6) is 1.01. The Kier molecular flexibility index (Phi) is 7.29. The molecule has 24 heavy (non-hydrogen) atoms. The van der Waals surface area contributed by atoms with E-state index in [1.807, 2.05) is 36.4 Å². The second-order valence-electron chi connectivity index (χ2n) is 5.02. The maximum Gasteiger partial charge on any atom is 0.188 e. The van der Waals surface area contributed by atoms with Crippen molar-refractivity contribution in [3.05, 3.63) is 65.7 Å². The van der Waals surface area contributed by atoms with Crippen molar-refractivity contribution in [3.8, 4) is 11.5 Å². The van der Waals surface area contributed by atoms with Gasteiger partial charge in [0.25, 0.3) is 0 Å². The van der Waals surface area contributed by atoms with Gasteiger partial charge in [0.15, 0.2) is 25.1 Å². The Bertz CT molecular complexity index is 639. The molecule has 2 aromatic rings. The number of aliphatic hydroxyl groups is 1. The Morgan fingerprint density at radius 3 is 2.25 bits per heavy atom. The quantitative estimate of drug-likeness (QED) is 0.714. The van der Waals surface area contributed by atoms with Crippen LogP contribution in [0.25, 0.3) is 6.08 Å². The molecule has 0 aromatic heterocycles. The molecule has 0 spiro atoms. The van der Waals surface area contributed by atoms with Gasteiger partial charge in [0.1, 0.15) is 0 Å². The monoisotopic (exact) mass is 330 g/mol. The average molecular weight is 330 g/mol. The molecule has 0 aliphatic rings. The summed E-state index contributed by atoms with van der Waals surface area (Å²) in [4.78, 5) is 0. The summed E-state index contributed by atoms with van der Waals surface area (Å²) >= 11 is 0. The van der Waals surface area contributed by atoms with Gasteiger partial charge in [0.2, 0.25) is 0 Å². The van der Waals surface area contributed by atoms with E-state index in [9.17, 15) is 5.11 Å². The zero-order chi connectivity index (χ0) is 17.2. The molecule has 0 fully saturated rings. The zero-order valence-electron chi connectivity index (χ0n) is 13.8. The number of hydrogen-bond donors (Lipinski definition) is 1. The second-order valence-corrected chi connectivity index (χ2v) is 5.02. The van der Waals surface area contributed by atoms with E-state index in [4.69, 9.17) is 18.9 Å². The molecule has 0 saturated carbocycles. The van der Waals surface area contributed by atoms with Crippen LogP contribution in [0.2, 0.25) is 0 Å². The summed E-state index contributed by atoms with van der Waals surface area (Å²) < 4.78 is 20.8. The Morgan fingerprint density at radius 2 is 1.58 bits per heavy atom. The SMILES string of the molecule is COCOc1ccc(C(O)C=Cc2ccccc2)cc1OCOC. The minimum Gasteiger partial charge on any atom is -0.464 e. The van der Waals surface area contributed by atoms with E-state index in [2.05, 4.69) is 0 Å². The van der Waals surface area contributed by atoms with Crippen LogP contribution in [0.3, 0.4) is 0 Å². The Labute approximate surface area is 142 Å². The van der Waals surface area contributed by atoms with Gasteiger partial charge in [-0.15, -0.1) is 0 Å². The highest BCUT2D eigenvalue weighted by molar-refractivity contribution is 5.51. The van der Waals surface area contributed by atoms with Crippen molar-refractivity contribution in [1.29, 1.82) is 0 Å². The zero-order valence-corrected chi connectivity index (χ0v) is 13.8. The topological polar surface area (TPSA) is 57.2 Å². The molecule has 5 nitrogen and oxygen atoms in total. The normalized spacial score (nSPS) is 12.3. The number of methoxy groups -OCH3 is 2. The second kappa shape index (κ2) is 9.72. The van der Waals surface area contributed by atoms with Crippen molar-refractivity contribution in [2.24, 2.45) is 0 Å². The smallest absolute Gasteiger partial charge is 0.188 e. The van der Waals surface area contributed by atoms with Crippen LogP contribution in [0.1, 0.15) is 17.2 Å². The lowest BCUT2D eigenvalue weighted by atomic mass is 10.1. The largest absolute Gasteiger partial charge is 0.464 e. The summed E-state index contributed by atoms with van der Waals surface area (Å²) in [6, 6.07) is 15.0. The number of ether oxygens (including phenoxy) is 4. The first kappa shape index (κ1) is 18.0. The predicted octanol–water partition coefficient (Wildman–Crippen LogP) is 3.40. The summed E-state index contributed by atoms with van der Waals surface area (Å²) in [6.07, 6.45) is 2.84. The van der Waals surface area contributed by atoms with E-state index in [0.29, 0.717) is 17.1 Å². The van der Waals surface area contributed by atoms with Crippen molar-refractivity contribution in [1.82, 2.24) is 0 Å². The van der Waals surface area contributed by atoms with Gasteiger partial charge in [0.05, 0.1) is 6.10 Å². The van der Waals surface area contributed by atoms with Crippen molar-refractivity contribution >= 4 is 6.08 Å². The van der Waals surface area contributed by atoms with Crippen molar-refractivity contribution < 1.29 is 24.1 Å². The third-order valence-corrected chi connectivity index (χ3v) is 3.24. The van der Waals surface area contributed by atoms with Crippen LogP contribution in [0.5, 0.6) is 11.5 Å². The average Bonchev–Trinajstić information content (AvgIpc) is 2.63. The summed E-state index contributed by atoms with van der Waals surface area (Å²) in [7, 11) is 3.08. The number of hydrogen-bond acceptors (Lipinski definition) is 5. The van der Waals surface area contributed by atoms with Crippen LogP contribution in [0.15, 0.2) is 54.6 Å². The Hall–Kier alpha value is -2.34. The third-order valence-electron chi connectivity index (χ3n) is 3.24. The molecule has 0 radical (unpaired) electrons. The molecule has 5 heteroatoms. The van der Waals surface area contributed by atoms with Gasteiger partial charge in [-0.05, 0) is 23.3 Å². The van der Waals surface area contributed by atoms with Crippen LogP contribution < -0.4 is 9.47 Å². The van der Waals surface area contributed by atoms with Crippen molar-refractivity contribution in [2.75, 3.05) is 27.8 Å². The van der Waals surface area contributed by atoms with Gasteiger partial charge in [-0.3, -0.25) is 0 Å². The fourth-order valence-corrected chi connectivity index (χ4v) is 2.06. The van der Waals surface area contributed by atoms with Crippen LogP contribution in [-0.4, -0.2) is 32.9 Å². The molecule has 1 unspecified atom stereocenters. The maximum atomic E-state index is 10.4. The molecule has 0 heterocycles. The lowest BCUT2D eigenvalue weighted by molar-refractivity contribution is 0.0321. The van der Waals surface area contributed by atoms with Gasteiger partial charge in [-0.25, -0.2) is 0 Å². The molecule has 0 aliphatic heterocycles. The van der Waals surface area contributed by atoms with Crippen LogP contribution in [0.4, 0.5) is 0 Å². The molecule has 128 valence electrons. The minimum atomic E-state index is -0.758. The third kappa shape index (κ3) is 5.38. The number of aliphatic hydroxyl groups excluding tert-OH is 1. The van der Waals surface area contributed by atoms with Crippen LogP contribution >= 0.6 is 0 Å². The van der Waals surface area contributed by atoms with E-state index < -0.39 is 6.10 Å². The minimum absolute atomic E-state index is 0.0861. The first-order valence-electron chi connectivity index (χ1n) is 7.53. The Balaban J connectivity index is 2.14. The van der Waals surface area contributed by atoms with Crippen molar-refractivity contribution in [2.45, 2.75) is 6.10 Å². The van der Waals surface area contributed by atoms with Gasteiger partial charge >= 0.3 is 0 Å². The number of rotatable bonds is 9. The van der Waals surface area contributed by atoms with Crippen LogP contribution in [0, 0.1) is 0 Å².